The predicted octanol–water partition coefficient (Wildman–Crippen LogP) is 3.92. The van der Waals surface area contributed by atoms with E-state index in [1.54, 1.807) is 6.20 Å². The van der Waals surface area contributed by atoms with Crippen molar-refractivity contribution in [3.05, 3.63) is 23.2 Å². The quantitative estimate of drug-likeness (QED) is 0.913. The van der Waals surface area contributed by atoms with Crippen LogP contribution >= 0.6 is 11.3 Å². The van der Waals surface area contributed by atoms with E-state index < -0.39 is 0 Å². The van der Waals surface area contributed by atoms with Crippen LogP contribution in [0.5, 0.6) is 0 Å². The summed E-state index contributed by atoms with van der Waals surface area (Å²) in [6.45, 7) is 4.61. The Morgan fingerprint density at radius 2 is 2.09 bits per heavy atom. The molecule has 2 N–H and O–H groups in total. The number of aromatic nitrogens is 1. The molecule has 0 radical (unpaired) electrons. The molecule has 5 heteroatoms. The number of anilines is 1. The van der Waals surface area contributed by atoms with Crippen molar-refractivity contribution >= 4 is 33.1 Å². The molecule has 0 saturated heterocycles. The molecular formula is C17H23N3OS. The van der Waals surface area contributed by atoms with Crippen molar-refractivity contribution in [2.75, 3.05) is 12.8 Å². The van der Waals surface area contributed by atoms with Crippen molar-refractivity contribution < 1.29 is 4.79 Å². The zero-order chi connectivity index (χ0) is 15.9. The Labute approximate surface area is 135 Å². The Morgan fingerprint density at radius 1 is 1.41 bits per heavy atom. The lowest BCUT2D eigenvalue weighted by molar-refractivity contribution is 0.0641. The Kier molecular flexibility index (Phi) is 3.85. The van der Waals surface area contributed by atoms with E-state index in [0.717, 1.165) is 23.1 Å². The summed E-state index contributed by atoms with van der Waals surface area (Å²) in [5.41, 5.74) is 7.15. The van der Waals surface area contributed by atoms with Gasteiger partial charge in [0, 0.05) is 24.7 Å². The number of amides is 1. The molecule has 0 bridgehead atoms. The summed E-state index contributed by atoms with van der Waals surface area (Å²) in [5.74, 6) is 0.0326. The van der Waals surface area contributed by atoms with E-state index in [1.165, 1.54) is 24.2 Å². The fourth-order valence-electron chi connectivity index (χ4n) is 3.21. The van der Waals surface area contributed by atoms with Crippen molar-refractivity contribution in [2.45, 2.75) is 45.6 Å². The van der Waals surface area contributed by atoms with Gasteiger partial charge in [0.25, 0.3) is 5.91 Å². The number of fused-ring (bicyclic) bond motifs is 1. The van der Waals surface area contributed by atoms with E-state index in [4.69, 9.17) is 5.73 Å². The molecule has 1 aliphatic rings. The standard InChI is InChI=1S/C17H23N3OS/c1-17(2)8-6-11(7-9-17)20(3)16(21)14-13(18)12-5-4-10-19-15(12)22-14/h4-5,10-11H,6-9,18H2,1-3H3. The maximum atomic E-state index is 12.8. The molecule has 0 spiro atoms. The molecule has 0 aliphatic heterocycles. The number of nitrogens with two attached hydrogens (primary N) is 1. The van der Waals surface area contributed by atoms with Gasteiger partial charge in [0.2, 0.25) is 0 Å². The van der Waals surface area contributed by atoms with Crippen molar-refractivity contribution in [2.24, 2.45) is 5.41 Å². The molecule has 2 aromatic rings. The van der Waals surface area contributed by atoms with Crippen molar-refractivity contribution in [1.82, 2.24) is 9.88 Å². The predicted molar refractivity (Wildman–Crippen MR) is 92.2 cm³/mol. The Balaban J connectivity index is 1.82. The van der Waals surface area contributed by atoms with Gasteiger partial charge in [-0.05, 0) is 43.2 Å². The zero-order valence-electron chi connectivity index (χ0n) is 13.4. The smallest absolute Gasteiger partial charge is 0.266 e. The van der Waals surface area contributed by atoms with Crippen LogP contribution in [0.2, 0.25) is 0 Å². The Morgan fingerprint density at radius 3 is 2.73 bits per heavy atom. The number of hydrogen-bond donors (Lipinski definition) is 1. The van der Waals surface area contributed by atoms with E-state index in [1.807, 2.05) is 24.1 Å². The first-order valence-corrected chi connectivity index (χ1v) is 8.61. The third kappa shape index (κ3) is 2.70. The van der Waals surface area contributed by atoms with Gasteiger partial charge in [0.15, 0.2) is 0 Å². The third-order valence-corrected chi connectivity index (χ3v) is 5.99. The lowest BCUT2D eigenvalue weighted by atomic mass is 9.75. The van der Waals surface area contributed by atoms with Crippen LogP contribution in [0, 0.1) is 5.41 Å². The fraction of sp³-hybridized carbons (Fsp3) is 0.529. The summed E-state index contributed by atoms with van der Waals surface area (Å²) in [7, 11) is 1.91. The van der Waals surface area contributed by atoms with Gasteiger partial charge < -0.3 is 10.6 Å². The monoisotopic (exact) mass is 317 g/mol. The summed E-state index contributed by atoms with van der Waals surface area (Å²) < 4.78 is 0. The highest BCUT2D eigenvalue weighted by Gasteiger charge is 2.32. The second kappa shape index (κ2) is 5.54. The lowest BCUT2D eigenvalue weighted by Gasteiger charge is -2.38. The number of pyridine rings is 1. The maximum Gasteiger partial charge on any atom is 0.266 e. The van der Waals surface area contributed by atoms with Crippen LogP contribution in [-0.4, -0.2) is 28.9 Å². The number of rotatable bonds is 2. The molecule has 118 valence electrons. The normalized spacial score (nSPS) is 18.5. The van der Waals surface area contributed by atoms with Gasteiger partial charge in [-0.2, -0.15) is 0 Å². The largest absolute Gasteiger partial charge is 0.397 e. The topological polar surface area (TPSA) is 59.2 Å². The molecule has 3 rings (SSSR count). The van der Waals surface area contributed by atoms with Gasteiger partial charge in [-0.15, -0.1) is 11.3 Å². The first-order valence-electron chi connectivity index (χ1n) is 7.79. The van der Waals surface area contributed by atoms with E-state index in [2.05, 4.69) is 18.8 Å². The molecule has 0 unspecified atom stereocenters. The molecule has 22 heavy (non-hydrogen) atoms. The van der Waals surface area contributed by atoms with E-state index in [0.29, 0.717) is 22.0 Å². The van der Waals surface area contributed by atoms with Gasteiger partial charge >= 0.3 is 0 Å². The first kappa shape index (κ1) is 15.3. The summed E-state index contributed by atoms with van der Waals surface area (Å²) in [6, 6.07) is 4.10. The minimum absolute atomic E-state index is 0.0326. The Hall–Kier alpha value is -1.62. The molecule has 2 aromatic heterocycles. The Bertz CT molecular complexity index is 697. The van der Waals surface area contributed by atoms with Crippen LogP contribution < -0.4 is 5.73 Å². The zero-order valence-corrected chi connectivity index (χ0v) is 14.2. The van der Waals surface area contributed by atoms with Gasteiger partial charge in [-0.3, -0.25) is 4.79 Å². The average Bonchev–Trinajstić information content (AvgIpc) is 2.83. The lowest BCUT2D eigenvalue weighted by Crippen LogP contribution is -2.40. The van der Waals surface area contributed by atoms with Crippen LogP contribution in [0.3, 0.4) is 0 Å². The number of hydrogen-bond acceptors (Lipinski definition) is 4. The SMILES string of the molecule is CN(C(=O)c1sc2ncccc2c1N)C1CCC(C)(C)CC1. The average molecular weight is 317 g/mol. The summed E-state index contributed by atoms with van der Waals surface area (Å²) >= 11 is 1.40. The van der Waals surface area contributed by atoms with Gasteiger partial charge in [0.05, 0.1) is 5.69 Å². The van der Waals surface area contributed by atoms with Gasteiger partial charge in [-0.25, -0.2) is 4.98 Å². The molecule has 4 nitrogen and oxygen atoms in total. The second-order valence-electron chi connectivity index (χ2n) is 7.01. The van der Waals surface area contributed by atoms with Gasteiger partial charge in [-0.1, -0.05) is 13.8 Å². The minimum Gasteiger partial charge on any atom is -0.397 e. The third-order valence-electron chi connectivity index (χ3n) is 4.88. The van der Waals surface area contributed by atoms with Crippen LogP contribution in [0.1, 0.15) is 49.2 Å². The van der Waals surface area contributed by atoms with Crippen molar-refractivity contribution in [1.29, 1.82) is 0 Å². The number of carbonyl (C=O) groups excluding carboxylic acids is 1. The first-order chi connectivity index (χ1) is 10.4. The number of nitrogen functional groups attached to an aromatic ring is 1. The van der Waals surface area contributed by atoms with Crippen LogP contribution in [0.4, 0.5) is 5.69 Å². The van der Waals surface area contributed by atoms with Crippen LogP contribution in [0.25, 0.3) is 10.2 Å². The molecule has 1 aliphatic carbocycles. The van der Waals surface area contributed by atoms with Crippen molar-refractivity contribution in [3.8, 4) is 0 Å². The number of nitrogens with zero attached hydrogens (tertiary/aromatic N) is 2. The molecule has 1 fully saturated rings. The minimum atomic E-state index is 0.0326. The summed E-state index contributed by atoms with van der Waals surface area (Å²) in [5, 5.41) is 0.883. The number of carbonyl (C=O) groups is 1. The van der Waals surface area contributed by atoms with E-state index in [-0.39, 0.29) is 5.91 Å². The van der Waals surface area contributed by atoms with Crippen molar-refractivity contribution in [3.63, 3.8) is 0 Å². The van der Waals surface area contributed by atoms with Crippen LogP contribution in [0.15, 0.2) is 18.3 Å². The van der Waals surface area contributed by atoms with Crippen LogP contribution in [-0.2, 0) is 0 Å². The maximum absolute atomic E-state index is 12.8. The number of thiophene rings is 1. The highest BCUT2D eigenvalue weighted by atomic mass is 32.1. The molecule has 1 saturated carbocycles. The molecule has 0 atom stereocenters. The fourth-order valence-corrected chi connectivity index (χ4v) is 4.25. The van der Waals surface area contributed by atoms with Gasteiger partial charge in [0.1, 0.15) is 9.71 Å². The molecular weight excluding hydrogens is 294 g/mol. The van der Waals surface area contributed by atoms with E-state index >= 15 is 0 Å². The highest BCUT2D eigenvalue weighted by molar-refractivity contribution is 7.21. The summed E-state index contributed by atoms with van der Waals surface area (Å²) in [4.78, 5) is 20.5. The molecule has 1 amide bonds. The summed E-state index contributed by atoms with van der Waals surface area (Å²) in [6.07, 6.45) is 6.20. The molecule has 2 heterocycles. The highest BCUT2D eigenvalue weighted by Crippen LogP contribution is 2.38. The van der Waals surface area contributed by atoms with E-state index in [9.17, 15) is 4.79 Å². The second-order valence-corrected chi connectivity index (χ2v) is 8.01. The molecule has 0 aromatic carbocycles.